The summed E-state index contributed by atoms with van der Waals surface area (Å²) < 4.78 is 13.0. The molecule has 2 rings (SSSR count). The summed E-state index contributed by atoms with van der Waals surface area (Å²) in [5, 5.41) is 12.0. The van der Waals surface area contributed by atoms with E-state index in [0.717, 1.165) is 11.3 Å². The standard InChI is InChI=1S/C15H14FN3/c16-13-3-1-2-11(8-13)6-7-19-15-9-12(10-17)4-5-14(15)18/h1-5,8-9,19H,6-7,18H2. The van der Waals surface area contributed by atoms with Gasteiger partial charge >= 0.3 is 0 Å². The number of halogens is 1. The Morgan fingerprint density at radius 1 is 1.21 bits per heavy atom. The molecule has 0 aromatic heterocycles. The zero-order valence-corrected chi connectivity index (χ0v) is 10.4. The van der Waals surface area contributed by atoms with Crippen molar-refractivity contribution in [1.29, 1.82) is 5.26 Å². The maximum Gasteiger partial charge on any atom is 0.123 e. The number of nitrogens with zero attached hydrogens (tertiary/aromatic N) is 1. The lowest BCUT2D eigenvalue weighted by Gasteiger charge is -2.09. The molecule has 0 aliphatic rings. The molecule has 2 aromatic rings. The Hall–Kier alpha value is -2.54. The number of benzene rings is 2. The van der Waals surface area contributed by atoms with Crippen LogP contribution in [0.2, 0.25) is 0 Å². The molecule has 4 heteroatoms. The maximum atomic E-state index is 13.0. The number of rotatable bonds is 4. The SMILES string of the molecule is N#Cc1ccc(N)c(NCCc2cccc(F)c2)c1. The highest BCUT2D eigenvalue weighted by molar-refractivity contribution is 5.68. The molecular weight excluding hydrogens is 241 g/mol. The number of nitriles is 1. The Morgan fingerprint density at radius 2 is 2.05 bits per heavy atom. The van der Waals surface area contributed by atoms with Gasteiger partial charge in [0.05, 0.1) is 23.0 Å². The zero-order valence-electron chi connectivity index (χ0n) is 10.4. The number of nitrogen functional groups attached to an aromatic ring is 1. The smallest absolute Gasteiger partial charge is 0.123 e. The summed E-state index contributed by atoms with van der Waals surface area (Å²) in [6.07, 6.45) is 0.688. The fourth-order valence-electron chi connectivity index (χ4n) is 1.81. The van der Waals surface area contributed by atoms with Crippen LogP contribution in [-0.4, -0.2) is 6.54 Å². The monoisotopic (exact) mass is 255 g/mol. The van der Waals surface area contributed by atoms with Crippen molar-refractivity contribution >= 4 is 11.4 Å². The maximum absolute atomic E-state index is 13.0. The van der Waals surface area contributed by atoms with Crippen molar-refractivity contribution in [2.24, 2.45) is 0 Å². The van der Waals surface area contributed by atoms with E-state index in [9.17, 15) is 4.39 Å². The first-order valence-electron chi connectivity index (χ1n) is 5.97. The van der Waals surface area contributed by atoms with Crippen molar-refractivity contribution in [2.45, 2.75) is 6.42 Å². The van der Waals surface area contributed by atoms with Gasteiger partial charge in [-0.25, -0.2) is 4.39 Å². The average molecular weight is 255 g/mol. The van der Waals surface area contributed by atoms with Crippen LogP contribution in [0.3, 0.4) is 0 Å². The van der Waals surface area contributed by atoms with Crippen molar-refractivity contribution in [1.82, 2.24) is 0 Å². The largest absolute Gasteiger partial charge is 0.397 e. The Kier molecular flexibility index (Phi) is 3.99. The highest BCUT2D eigenvalue weighted by atomic mass is 19.1. The lowest BCUT2D eigenvalue weighted by molar-refractivity contribution is 0.625. The predicted molar refractivity (Wildman–Crippen MR) is 74.2 cm³/mol. The van der Waals surface area contributed by atoms with E-state index in [-0.39, 0.29) is 5.82 Å². The fourth-order valence-corrected chi connectivity index (χ4v) is 1.81. The molecule has 0 saturated carbocycles. The van der Waals surface area contributed by atoms with Crippen LogP contribution in [0.5, 0.6) is 0 Å². The average Bonchev–Trinajstić information content (AvgIpc) is 2.41. The molecule has 0 amide bonds. The van der Waals surface area contributed by atoms with Crippen LogP contribution in [0, 0.1) is 17.1 Å². The molecule has 3 N–H and O–H groups in total. The second kappa shape index (κ2) is 5.87. The van der Waals surface area contributed by atoms with E-state index in [2.05, 4.69) is 11.4 Å². The number of hydrogen-bond donors (Lipinski definition) is 2. The Balaban J connectivity index is 1.98. The van der Waals surface area contributed by atoms with E-state index >= 15 is 0 Å². The molecule has 0 spiro atoms. The fraction of sp³-hybridized carbons (Fsp3) is 0.133. The van der Waals surface area contributed by atoms with Crippen molar-refractivity contribution in [3.8, 4) is 6.07 Å². The van der Waals surface area contributed by atoms with Crippen molar-refractivity contribution < 1.29 is 4.39 Å². The minimum absolute atomic E-state index is 0.233. The molecule has 3 nitrogen and oxygen atoms in total. The summed E-state index contributed by atoms with van der Waals surface area (Å²) in [5.74, 6) is -0.233. The van der Waals surface area contributed by atoms with Gasteiger partial charge in [-0.15, -0.1) is 0 Å². The van der Waals surface area contributed by atoms with Gasteiger partial charge in [0.1, 0.15) is 5.82 Å². The van der Waals surface area contributed by atoms with Crippen molar-refractivity contribution in [3.05, 3.63) is 59.4 Å². The first kappa shape index (κ1) is 12.9. The quantitative estimate of drug-likeness (QED) is 0.826. The number of nitrogens with two attached hydrogens (primary N) is 1. The van der Waals surface area contributed by atoms with Crippen LogP contribution in [0.15, 0.2) is 42.5 Å². The summed E-state index contributed by atoms with van der Waals surface area (Å²) in [7, 11) is 0. The van der Waals surface area contributed by atoms with E-state index in [1.54, 1.807) is 24.3 Å². The Bertz CT molecular complexity index is 617. The van der Waals surface area contributed by atoms with Crippen LogP contribution in [0.4, 0.5) is 15.8 Å². The summed E-state index contributed by atoms with van der Waals surface area (Å²) >= 11 is 0. The van der Waals surface area contributed by atoms with Gasteiger partial charge in [-0.2, -0.15) is 5.26 Å². The lowest BCUT2D eigenvalue weighted by Crippen LogP contribution is -2.07. The number of hydrogen-bond acceptors (Lipinski definition) is 3. The van der Waals surface area contributed by atoms with Crippen LogP contribution in [-0.2, 0) is 6.42 Å². The number of nitrogens with one attached hydrogen (secondary N) is 1. The minimum Gasteiger partial charge on any atom is -0.397 e. The van der Waals surface area contributed by atoms with Gasteiger partial charge in [0, 0.05) is 6.54 Å². The third kappa shape index (κ3) is 3.46. The molecule has 96 valence electrons. The minimum atomic E-state index is -0.233. The number of anilines is 2. The highest BCUT2D eigenvalue weighted by Gasteiger charge is 2.01. The normalized spacial score (nSPS) is 9.89. The van der Waals surface area contributed by atoms with Crippen LogP contribution in [0.1, 0.15) is 11.1 Å². The third-order valence-corrected chi connectivity index (χ3v) is 2.80. The predicted octanol–water partition coefficient (Wildman–Crippen LogP) is 2.93. The highest BCUT2D eigenvalue weighted by Crippen LogP contribution is 2.19. The molecule has 19 heavy (non-hydrogen) atoms. The molecule has 0 saturated heterocycles. The van der Waals surface area contributed by atoms with Gasteiger partial charge in [0.25, 0.3) is 0 Å². The first-order chi connectivity index (χ1) is 9.19. The molecule has 0 radical (unpaired) electrons. The molecule has 2 aromatic carbocycles. The van der Waals surface area contributed by atoms with E-state index in [0.29, 0.717) is 24.2 Å². The Labute approximate surface area is 111 Å². The van der Waals surface area contributed by atoms with Crippen LogP contribution in [0.25, 0.3) is 0 Å². The summed E-state index contributed by atoms with van der Waals surface area (Å²) in [6, 6.07) is 13.6. The first-order valence-corrected chi connectivity index (χ1v) is 5.97. The van der Waals surface area contributed by atoms with Gasteiger partial charge < -0.3 is 11.1 Å². The summed E-state index contributed by atoms with van der Waals surface area (Å²) in [5.41, 5.74) is 8.62. The molecular formula is C15H14FN3. The van der Waals surface area contributed by atoms with E-state index in [1.165, 1.54) is 12.1 Å². The van der Waals surface area contributed by atoms with Gasteiger partial charge in [0.2, 0.25) is 0 Å². The Morgan fingerprint density at radius 3 is 2.79 bits per heavy atom. The van der Waals surface area contributed by atoms with Gasteiger partial charge in [-0.1, -0.05) is 12.1 Å². The molecule has 0 bridgehead atoms. The zero-order chi connectivity index (χ0) is 13.7. The van der Waals surface area contributed by atoms with Gasteiger partial charge in [-0.3, -0.25) is 0 Å². The topological polar surface area (TPSA) is 61.8 Å². The van der Waals surface area contributed by atoms with Crippen molar-refractivity contribution in [3.63, 3.8) is 0 Å². The van der Waals surface area contributed by atoms with E-state index in [1.807, 2.05) is 6.07 Å². The molecule has 0 fully saturated rings. The van der Waals surface area contributed by atoms with Crippen molar-refractivity contribution in [2.75, 3.05) is 17.6 Å². The van der Waals surface area contributed by atoms with Gasteiger partial charge in [0.15, 0.2) is 0 Å². The van der Waals surface area contributed by atoms with Crippen LogP contribution < -0.4 is 11.1 Å². The molecule has 0 aliphatic heterocycles. The third-order valence-electron chi connectivity index (χ3n) is 2.80. The lowest BCUT2D eigenvalue weighted by atomic mass is 10.1. The summed E-state index contributed by atoms with van der Waals surface area (Å²) in [6.45, 7) is 0.628. The molecule has 0 heterocycles. The van der Waals surface area contributed by atoms with Gasteiger partial charge in [-0.05, 0) is 42.3 Å². The molecule has 0 atom stereocenters. The second-order valence-corrected chi connectivity index (χ2v) is 4.22. The van der Waals surface area contributed by atoms with Crippen LogP contribution >= 0.6 is 0 Å². The van der Waals surface area contributed by atoms with E-state index in [4.69, 9.17) is 11.0 Å². The molecule has 0 aliphatic carbocycles. The molecule has 0 unspecified atom stereocenters. The second-order valence-electron chi connectivity index (χ2n) is 4.22. The summed E-state index contributed by atoms with van der Waals surface area (Å²) in [4.78, 5) is 0. The van der Waals surface area contributed by atoms with E-state index < -0.39 is 0 Å².